The molecule has 18 heavy (non-hydrogen) atoms. The Balaban J connectivity index is 2.20. The smallest absolute Gasteiger partial charge is 0.293 e. The number of aromatic nitrogens is 3. The molecule has 1 N–H and O–H groups in total. The molecule has 0 atom stereocenters. The highest BCUT2D eigenvalue weighted by Crippen LogP contribution is 2.28. The number of ether oxygens (including phenoxy) is 1. The topological polar surface area (TPSA) is 71.1 Å². The third-order valence-corrected chi connectivity index (χ3v) is 2.77. The summed E-state index contributed by atoms with van der Waals surface area (Å²) in [6.45, 7) is 10.8. The molecule has 1 saturated heterocycles. The van der Waals surface area contributed by atoms with Gasteiger partial charge < -0.3 is 9.64 Å². The van der Waals surface area contributed by atoms with Gasteiger partial charge in [0.1, 0.15) is 5.82 Å². The molecule has 6 nitrogen and oxygen atoms in total. The van der Waals surface area contributed by atoms with Crippen molar-refractivity contribution in [1.82, 2.24) is 20.1 Å². The molecular formula is C12H20N4O2. The molecule has 6 heteroatoms. The predicted octanol–water partition coefficient (Wildman–Crippen LogP) is 1.14. The number of hydrogen-bond acceptors (Lipinski definition) is 4. The van der Waals surface area contributed by atoms with Crippen LogP contribution in [0.5, 0.6) is 0 Å². The van der Waals surface area contributed by atoms with Crippen molar-refractivity contribution < 1.29 is 9.53 Å². The molecule has 1 fully saturated rings. The fourth-order valence-corrected chi connectivity index (χ4v) is 2.51. The van der Waals surface area contributed by atoms with Gasteiger partial charge in [0.2, 0.25) is 5.82 Å². The maximum absolute atomic E-state index is 12.3. The first-order valence-electron chi connectivity index (χ1n) is 6.07. The average molecular weight is 252 g/mol. The number of H-pyrrole nitrogens is 1. The molecule has 0 unspecified atom stereocenters. The number of nitrogens with one attached hydrogen (secondary N) is 1. The molecule has 1 aromatic rings. The van der Waals surface area contributed by atoms with Gasteiger partial charge in [0, 0.05) is 13.1 Å². The van der Waals surface area contributed by atoms with Gasteiger partial charge in [-0.2, -0.15) is 0 Å². The summed E-state index contributed by atoms with van der Waals surface area (Å²) < 4.78 is 5.94. The van der Waals surface area contributed by atoms with E-state index in [2.05, 4.69) is 15.2 Å². The lowest BCUT2D eigenvalue weighted by Gasteiger charge is -2.46. The fraction of sp³-hybridized carbons (Fsp3) is 0.750. The molecule has 1 aliphatic heterocycles. The maximum atomic E-state index is 12.3. The highest BCUT2D eigenvalue weighted by molar-refractivity contribution is 5.90. The average Bonchev–Trinajstić information content (AvgIpc) is 2.58. The zero-order valence-corrected chi connectivity index (χ0v) is 11.6. The molecular weight excluding hydrogens is 232 g/mol. The lowest BCUT2D eigenvalue weighted by Crippen LogP contribution is -2.58. The molecule has 0 aromatic carbocycles. The van der Waals surface area contributed by atoms with E-state index in [9.17, 15) is 4.79 Å². The number of amides is 1. The minimum atomic E-state index is -0.358. The molecule has 0 aliphatic carbocycles. The number of carbonyl (C=O) groups is 1. The minimum absolute atomic E-state index is 0.149. The Hall–Kier alpha value is -1.43. The SMILES string of the molecule is Cc1nc(C(=O)N2CC(C)(C)OC(C)(C)C2)n[nH]1. The largest absolute Gasteiger partial charge is 0.366 e. The zero-order valence-electron chi connectivity index (χ0n) is 11.6. The van der Waals surface area contributed by atoms with E-state index in [4.69, 9.17) is 4.74 Å². The summed E-state index contributed by atoms with van der Waals surface area (Å²) in [5.41, 5.74) is -0.717. The second-order valence-electron chi connectivity index (χ2n) is 6.03. The number of carbonyl (C=O) groups excluding carboxylic acids is 1. The molecule has 1 aromatic heterocycles. The third-order valence-electron chi connectivity index (χ3n) is 2.77. The second kappa shape index (κ2) is 4.05. The summed E-state index contributed by atoms with van der Waals surface area (Å²) in [4.78, 5) is 18.2. The Morgan fingerprint density at radius 3 is 2.28 bits per heavy atom. The summed E-state index contributed by atoms with van der Waals surface area (Å²) in [6, 6.07) is 0. The summed E-state index contributed by atoms with van der Waals surface area (Å²) in [5.74, 6) is 0.718. The van der Waals surface area contributed by atoms with Gasteiger partial charge in [0.25, 0.3) is 5.91 Å². The van der Waals surface area contributed by atoms with Crippen LogP contribution < -0.4 is 0 Å². The van der Waals surface area contributed by atoms with Crippen molar-refractivity contribution in [3.05, 3.63) is 11.6 Å². The van der Waals surface area contributed by atoms with Gasteiger partial charge in [0.15, 0.2) is 0 Å². The van der Waals surface area contributed by atoms with Crippen LogP contribution in [0.15, 0.2) is 0 Å². The van der Waals surface area contributed by atoms with Gasteiger partial charge in [-0.3, -0.25) is 9.89 Å². The Morgan fingerprint density at radius 1 is 1.28 bits per heavy atom. The van der Waals surface area contributed by atoms with Crippen molar-refractivity contribution in [2.45, 2.75) is 45.8 Å². The number of aryl methyl sites for hydroxylation is 1. The molecule has 0 spiro atoms. The molecule has 0 saturated carbocycles. The normalized spacial score (nSPS) is 21.9. The van der Waals surface area contributed by atoms with Gasteiger partial charge in [0.05, 0.1) is 11.2 Å². The van der Waals surface area contributed by atoms with Crippen molar-refractivity contribution in [1.29, 1.82) is 0 Å². The van der Waals surface area contributed by atoms with Crippen LogP contribution in [-0.2, 0) is 4.74 Å². The fourth-order valence-electron chi connectivity index (χ4n) is 2.51. The highest BCUT2D eigenvalue weighted by Gasteiger charge is 2.40. The van der Waals surface area contributed by atoms with E-state index < -0.39 is 0 Å². The summed E-state index contributed by atoms with van der Waals surface area (Å²) >= 11 is 0. The Kier molecular flexibility index (Phi) is 2.93. The van der Waals surface area contributed by atoms with Gasteiger partial charge in [-0.05, 0) is 34.6 Å². The molecule has 1 amide bonds. The molecule has 2 rings (SSSR count). The van der Waals surface area contributed by atoms with E-state index in [1.165, 1.54) is 0 Å². The van der Waals surface area contributed by atoms with Crippen molar-refractivity contribution in [3.8, 4) is 0 Å². The van der Waals surface area contributed by atoms with E-state index in [1.54, 1.807) is 11.8 Å². The Bertz CT molecular complexity index is 448. The van der Waals surface area contributed by atoms with Crippen LogP contribution in [-0.4, -0.2) is 50.3 Å². The standard InChI is InChI=1S/C12H20N4O2/c1-8-13-9(15-14-8)10(17)16-6-11(2,3)18-12(4,5)7-16/h6-7H2,1-5H3,(H,13,14,15). The highest BCUT2D eigenvalue weighted by atomic mass is 16.5. The van der Waals surface area contributed by atoms with Crippen LogP contribution in [0.2, 0.25) is 0 Å². The van der Waals surface area contributed by atoms with Crippen LogP contribution in [0.25, 0.3) is 0 Å². The summed E-state index contributed by atoms with van der Waals surface area (Å²) in [7, 11) is 0. The molecule has 0 bridgehead atoms. The van der Waals surface area contributed by atoms with Crippen LogP contribution in [0.1, 0.15) is 44.1 Å². The predicted molar refractivity (Wildman–Crippen MR) is 66.3 cm³/mol. The van der Waals surface area contributed by atoms with Crippen molar-refractivity contribution in [2.75, 3.05) is 13.1 Å². The van der Waals surface area contributed by atoms with Gasteiger partial charge in [-0.1, -0.05) is 0 Å². The van der Waals surface area contributed by atoms with E-state index in [0.717, 1.165) is 0 Å². The quantitative estimate of drug-likeness (QED) is 0.813. The van der Waals surface area contributed by atoms with Gasteiger partial charge >= 0.3 is 0 Å². The number of nitrogens with zero attached hydrogens (tertiary/aromatic N) is 3. The first-order valence-corrected chi connectivity index (χ1v) is 6.07. The molecule has 100 valence electrons. The first-order chi connectivity index (χ1) is 8.19. The molecule has 0 radical (unpaired) electrons. The van der Waals surface area contributed by atoms with E-state index in [0.29, 0.717) is 18.9 Å². The van der Waals surface area contributed by atoms with E-state index in [1.807, 2.05) is 27.7 Å². The van der Waals surface area contributed by atoms with Crippen LogP contribution >= 0.6 is 0 Å². The second-order valence-corrected chi connectivity index (χ2v) is 6.03. The Labute approximate surface area is 107 Å². The van der Waals surface area contributed by atoms with E-state index >= 15 is 0 Å². The minimum Gasteiger partial charge on any atom is -0.366 e. The van der Waals surface area contributed by atoms with Gasteiger partial charge in [-0.15, -0.1) is 5.10 Å². The van der Waals surface area contributed by atoms with Crippen molar-refractivity contribution in [3.63, 3.8) is 0 Å². The monoisotopic (exact) mass is 252 g/mol. The number of aromatic amines is 1. The van der Waals surface area contributed by atoms with E-state index in [-0.39, 0.29) is 22.9 Å². The van der Waals surface area contributed by atoms with Gasteiger partial charge in [-0.25, -0.2) is 4.98 Å². The number of morpholine rings is 1. The number of rotatable bonds is 1. The number of hydrogen-bond donors (Lipinski definition) is 1. The van der Waals surface area contributed by atoms with Crippen LogP contribution in [0.4, 0.5) is 0 Å². The summed E-state index contributed by atoms with van der Waals surface area (Å²) in [5, 5.41) is 6.61. The lowest BCUT2D eigenvalue weighted by molar-refractivity contribution is -0.171. The lowest BCUT2D eigenvalue weighted by atomic mass is 9.99. The zero-order chi connectivity index (χ0) is 13.6. The Morgan fingerprint density at radius 2 is 1.83 bits per heavy atom. The summed E-state index contributed by atoms with van der Waals surface area (Å²) in [6.07, 6.45) is 0. The van der Waals surface area contributed by atoms with Crippen LogP contribution in [0, 0.1) is 6.92 Å². The maximum Gasteiger partial charge on any atom is 0.293 e. The molecule has 2 heterocycles. The molecule has 1 aliphatic rings. The third kappa shape index (κ3) is 2.69. The van der Waals surface area contributed by atoms with Crippen molar-refractivity contribution in [2.24, 2.45) is 0 Å². The van der Waals surface area contributed by atoms with Crippen molar-refractivity contribution >= 4 is 5.91 Å². The first kappa shape index (κ1) is 13.0. The van der Waals surface area contributed by atoms with Crippen LogP contribution in [0.3, 0.4) is 0 Å².